The molecule has 0 bridgehead atoms. The van der Waals surface area contributed by atoms with Crippen molar-refractivity contribution in [3.63, 3.8) is 0 Å². The maximum atomic E-state index is 11.7. The number of rotatable bonds is 6. The topological polar surface area (TPSA) is 78.6 Å². The van der Waals surface area contributed by atoms with Crippen molar-refractivity contribution in [3.8, 4) is 0 Å². The Morgan fingerprint density at radius 2 is 2.00 bits per heavy atom. The molecule has 1 atom stereocenters. The van der Waals surface area contributed by atoms with Crippen LogP contribution >= 0.6 is 0 Å². The van der Waals surface area contributed by atoms with E-state index in [1.165, 1.54) is 6.08 Å². The van der Waals surface area contributed by atoms with Crippen LogP contribution in [0, 0.1) is 12.2 Å². The summed E-state index contributed by atoms with van der Waals surface area (Å²) in [4.78, 5) is 22.6. The number of hydrogen-bond donors (Lipinski definition) is 1. The van der Waals surface area contributed by atoms with Gasteiger partial charge in [-0.05, 0) is 33.8 Å². The summed E-state index contributed by atoms with van der Waals surface area (Å²) in [5.74, 6) is -1.84. The number of ether oxygens (including phenoxy) is 2. The Balaban J connectivity index is 4.56. The molecule has 2 N–H and O–H groups in total. The van der Waals surface area contributed by atoms with E-state index in [2.05, 4.69) is 6.26 Å². The fourth-order valence-corrected chi connectivity index (χ4v) is 1.02. The van der Waals surface area contributed by atoms with Crippen LogP contribution < -0.4 is 5.73 Å². The summed E-state index contributed by atoms with van der Waals surface area (Å²) in [5, 5.41) is 0. The van der Waals surface area contributed by atoms with Crippen LogP contribution in [-0.2, 0) is 19.1 Å². The van der Waals surface area contributed by atoms with Crippen LogP contribution in [0.4, 0.5) is 0 Å². The van der Waals surface area contributed by atoms with Crippen molar-refractivity contribution in [2.24, 2.45) is 11.7 Å². The van der Waals surface area contributed by atoms with Crippen LogP contribution in [-0.4, -0.2) is 24.1 Å². The Labute approximate surface area is 102 Å². The van der Waals surface area contributed by atoms with Crippen molar-refractivity contribution in [2.45, 2.75) is 39.7 Å². The molecule has 0 heterocycles. The molecule has 0 saturated heterocycles. The SMILES string of the molecule is CCO[C]=CC(CC(N)=O)C(=O)OC(C)(C)C. The normalized spacial score (nSPS) is 13.4. The van der Waals surface area contributed by atoms with Gasteiger partial charge in [0, 0.05) is 6.42 Å². The van der Waals surface area contributed by atoms with Crippen molar-refractivity contribution in [1.29, 1.82) is 0 Å². The highest BCUT2D eigenvalue weighted by atomic mass is 16.6. The minimum absolute atomic E-state index is 0.116. The number of esters is 1. The van der Waals surface area contributed by atoms with Crippen LogP contribution in [0.2, 0.25) is 0 Å². The van der Waals surface area contributed by atoms with Gasteiger partial charge in [0.05, 0.1) is 12.5 Å². The van der Waals surface area contributed by atoms with Crippen LogP contribution in [0.3, 0.4) is 0 Å². The summed E-state index contributed by atoms with van der Waals surface area (Å²) in [6.07, 6.45) is 3.72. The third-order valence-corrected chi connectivity index (χ3v) is 1.63. The Kier molecular flexibility index (Phi) is 6.31. The van der Waals surface area contributed by atoms with Gasteiger partial charge in [-0.25, -0.2) is 0 Å². The summed E-state index contributed by atoms with van der Waals surface area (Å²) in [5.41, 5.74) is 4.46. The van der Waals surface area contributed by atoms with E-state index in [-0.39, 0.29) is 6.42 Å². The van der Waals surface area contributed by atoms with E-state index in [1.807, 2.05) is 0 Å². The molecule has 1 unspecified atom stereocenters. The number of carbonyl (C=O) groups excluding carboxylic acids is 2. The van der Waals surface area contributed by atoms with Gasteiger partial charge < -0.3 is 15.2 Å². The standard InChI is InChI=1S/C12H20NO4/c1-5-16-7-6-9(8-10(13)14)11(15)17-12(2,3)4/h6,9H,5,8H2,1-4H3,(H2,13,14). The van der Waals surface area contributed by atoms with Crippen molar-refractivity contribution in [1.82, 2.24) is 0 Å². The maximum absolute atomic E-state index is 11.7. The van der Waals surface area contributed by atoms with Crippen molar-refractivity contribution < 1.29 is 19.1 Å². The molecule has 0 fully saturated rings. The average Bonchev–Trinajstić information content (AvgIpc) is 2.13. The van der Waals surface area contributed by atoms with E-state index in [0.29, 0.717) is 6.61 Å². The zero-order valence-electron chi connectivity index (χ0n) is 10.8. The lowest BCUT2D eigenvalue weighted by Crippen LogP contribution is -2.30. The Morgan fingerprint density at radius 1 is 1.41 bits per heavy atom. The predicted molar refractivity (Wildman–Crippen MR) is 62.6 cm³/mol. The Hall–Kier alpha value is -1.52. The number of nitrogens with two attached hydrogens (primary N) is 1. The molecule has 0 rings (SSSR count). The van der Waals surface area contributed by atoms with E-state index in [9.17, 15) is 9.59 Å². The number of primary amides is 1. The molecule has 0 aliphatic heterocycles. The third-order valence-electron chi connectivity index (χ3n) is 1.63. The van der Waals surface area contributed by atoms with Crippen LogP contribution in [0.5, 0.6) is 0 Å². The molecule has 0 aromatic heterocycles. The minimum Gasteiger partial charge on any atom is -0.490 e. The first-order chi connectivity index (χ1) is 7.76. The van der Waals surface area contributed by atoms with E-state index >= 15 is 0 Å². The summed E-state index contributed by atoms with van der Waals surface area (Å²) >= 11 is 0. The quantitative estimate of drug-likeness (QED) is 0.560. The molecule has 17 heavy (non-hydrogen) atoms. The van der Waals surface area contributed by atoms with Gasteiger partial charge in [0.15, 0.2) is 6.26 Å². The van der Waals surface area contributed by atoms with Gasteiger partial charge in [-0.2, -0.15) is 0 Å². The van der Waals surface area contributed by atoms with E-state index < -0.39 is 23.4 Å². The summed E-state index contributed by atoms with van der Waals surface area (Å²) in [6.45, 7) is 7.48. The molecule has 1 amide bonds. The van der Waals surface area contributed by atoms with Crippen molar-refractivity contribution >= 4 is 11.9 Å². The van der Waals surface area contributed by atoms with Gasteiger partial charge in [-0.3, -0.25) is 9.59 Å². The summed E-state index contributed by atoms with van der Waals surface area (Å²) in [6, 6.07) is 0. The second-order valence-corrected chi connectivity index (χ2v) is 4.53. The molecule has 1 radical (unpaired) electrons. The van der Waals surface area contributed by atoms with Gasteiger partial charge in [-0.15, -0.1) is 0 Å². The first-order valence-corrected chi connectivity index (χ1v) is 5.48. The maximum Gasteiger partial charge on any atom is 0.313 e. The zero-order chi connectivity index (χ0) is 13.5. The Bertz CT molecular complexity index is 291. The molecular formula is C12H20NO4. The third kappa shape index (κ3) is 8.30. The van der Waals surface area contributed by atoms with E-state index in [4.69, 9.17) is 15.2 Å². The monoisotopic (exact) mass is 242 g/mol. The van der Waals surface area contributed by atoms with E-state index in [1.54, 1.807) is 27.7 Å². The molecule has 97 valence electrons. The number of hydrogen-bond acceptors (Lipinski definition) is 4. The van der Waals surface area contributed by atoms with Gasteiger partial charge in [0.25, 0.3) is 0 Å². The highest BCUT2D eigenvalue weighted by molar-refractivity contribution is 5.83. The lowest BCUT2D eigenvalue weighted by Gasteiger charge is -2.22. The fraction of sp³-hybridized carbons (Fsp3) is 0.667. The molecule has 0 aliphatic carbocycles. The van der Waals surface area contributed by atoms with E-state index in [0.717, 1.165) is 0 Å². The molecule has 0 spiro atoms. The van der Waals surface area contributed by atoms with Crippen molar-refractivity contribution in [2.75, 3.05) is 6.61 Å². The number of carbonyl (C=O) groups is 2. The van der Waals surface area contributed by atoms with Gasteiger partial charge >= 0.3 is 5.97 Å². The predicted octanol–water partition coefficient (Wildman–Crippen LogP) is 1.17. The first kappa shape index (κ1) is 15.5. The molecular weight excluding hydrogens is 222 g/mol. The second-order valence-electron chi connectivity index (χ2n) is 4.53. The van der Waals surface area contributed by atoms with Crippen molar-refractivity contribution in [3.05, 3.63) is 12.3 Å². The average molecular weight is 242 g/mol. The van der Waals surface area contributed by atoms with Gasteiger partial charge in [-0.1, -0.05) is 0 Å². The lowest BCUT2D eigenvalue weighted by molar-refractivity contribution is -0.159. The molecule has 0 aliphatic rings. The zero-order valence-corrected chi connectivity index (χ0v) is 10.8. The smallest absolute Gasteiger partial charge is 0.313 e. The first-order valence-electron chi connectivity index (χ1n) is 5.48. The molecule has 0 aromatic rings. The van der Waals surface area contributed by atoms with Crippen LogP contribution in [0.1, 0.15) is 34.1 Å². The largest absolute Gasteiger partial charge is 0.490 e. The van der Waals surface area contributed by atoms with Gasteiger partial charge in [0.2, 0.25) is 5.91 Å². The Morgan fingerprint density at radius 3 is 2.41 bits per heavy atom. The molecule has 5 nitrogen and oxygen atoms in total. The second kappa shape index (κ2) is 6.93. The van der Waals surface area contributed by atoms with Crippen LogP contribution in [0.15, 0.2) is 6.08 Å². The van der Waals surface area contributed by atoms with Gasteiger partial charge in [0.1, 0.15) is 5.60 Å². The molecule has 5 heteroatoms. The number of amides is 1. The fourth-order valence-electron chi connectivity index (χ4n) is 1.02. The molecule has 0 aromatic carbocycles. The van der Waals surface area contributed by atoms with Crippen LogP contribution in [0.25, 0.3) is 0 Å². The summed E-state index contributed by atoms with van der Waals surface area (Å²) < 4.78 is 10.0. The highest BCUT2D eigenvalue weighted by Gasteiger charge is 2.24. The summed E-state index contributed by atoms with van der Waals surface area (Å²) in [7, 11) is 0. The molecule has 0 saturated carbocycles. The lowest BCUT2D eigenvalue weighted by atomic mass is 10.1. The minimum atomic E-state index is -0.752. The highest BCUT2D eigenvalue weighted by Crippen LogP contribution is 2.14.